The smallest absolute Gasteiger partial charge is 0.335 e. The number of benzene rings is 1. The number of carboxylic acid groups (broad SMARTS) is 1. The number of rotatable bonds is 5. The Morgan fingerprint density at radius 3 is 2.71 bits per heavy atom. The van der Waals surface area contributed by atoms with Crippen LogP contribution in [0.5, 0.6) is 0 Å². The van der Waals surface area contributed by atoms with Gasteiger partial charge >= 0.3 is 5.97 Å². The molecule has 0 aliphatic heterocycles. The summed E-state index contributed by atoms with van der Waals surface area (Å²) in [6.07, 6.45) is 0.687. The molecule has 21 heavy (non-hydrogen) atoms. The van der Waals surface area contributed by atoms with Gasteiger partial charge < -0.3 is 5.11 Å². The van der Waals surface area contributed by atoms with Crippen molar-refractivity contribution in [2.24, 2.45) is 0 Å². The highest BCUT2D eigenvalue weighted by Gasteiger charge is 2.21. The number of aryl methyl sites for hydroxylation is 1. The molecule has 1 aromatic heterocycles. The fraction of sp³-hybridized carbons (Fsp3) is 0.167. The van der Waals surface area contributed by atoms with Gasteiger partial charge in [-0.05, 0) is 40.5 Å². The van der Waals surface area contributed by atoms with Gasteiger partial charge in [-0.15, -0.1) is 0 Å². The Morgan fingerprint density at radius 1 is 1.43 bits per heavy atom. The van der Waals surface area contributed by atoms with E-state index in [2.05, 4.69) is 30.8 Å². The zero-order valence-corrected chi connectivity index (χ0v) is 13.3. The van der Waals surface area contributed by atoms with Gasteiger partial charge in [-0.3, -0.25) is 9.82 Å². The van der Waals surface area contributed by atoms with E-state index in [-0.39, 0.29) is 20.7 Å². The first-order valence-corrected chi connectivity index (χ1v) is 8.21. The maximum Gasteiger partial charge on any atom is 0.335 e. The Morgan fingerprint density at radius 2 is 2.14 bits per heavy atom. The molecule has 2 aromatic rings. The van der Waals surface area contributed by atoms with Crippen molar-refractivity contribution in [2.45, 2.75) is 18.2 Å². The van der Waals surface area contributed by atoms with E-state index in [9.17, 15) is 13.2 Å². The zero-order chi connectivity index (χ0) is 15.6. The fourth-order valence-corrected chi connectivity index (χ4v) is 3.61. The maximum absolute atomic E-state index is 12.3. The molecular weight excluding hydrogens is 362 g/mol. The molecular formula is C12H12BrN3O4S. The Labute approximate surface area is 129 Å². The number of nitrogens with one attached hydrogen (secondary N) is 2. The Balaban J connectivity index is 2.39. The molecule has 112 valence electrons. The number of aromatic amines is 1. The van der Waals surface area contributed by atoms with Crippen LogP contribution in [0.15, 0.2) is 33.6 Å². The second kappa shape index (κ2) is 5.86. The van der Waals surface area contributed by atoms with Gasteiger partial charge in [0, 0.05) is 16.2 Å². The summed E-state index contributed by atoms with van der Waals surface area (Å²) < 4.78 is 27.2. The van der Waals surface area contributed by atoms with Gasteiger partial charge in [0.15, 0.2) is 5.82 Å². The predicted octanol–water partition coefficient (Wildman–Crippen LogP) is 2.23. The van der Waals surface area contributed by atoms with E-state index in [0.29, 0.717) is 6.42 Å². The largest absolute Gasteiger partial charge is 0.478 e. The van der Waals surface area contributed by atoms with Crippen LogP contribution >= 0.6 is 15.9 Å². The molecule has 0 saturated carbocycles. The first-order chi connectivity index (χ1) is 9.83. The number of carbonyl (C=O) groups is 1. The Bertz CT molecular complexity index is 786. The number of halogens is 1. The van der Waals surface area contributed by atoms with Crippen molar-refractivity contribution in [3.8, 4) is 0 Å². The molecule has 1 aromatic carbocycles. The summed E-state index contributed by atoms with van der Waals surface area (Å²) in [5.41, 5.74) is 0.668. The van der Waals surface area contributed by atoms with Crippen molar-refractivity contribution < 1.29 is 18.3 Å². The quantitative estimate of drug-likeness (QED) is 0.743. The predicted molar refractivity (Wildman–Crippen MR) is 79.9 cm³/mol. The number of hydrogen-bond acceptors (Lipinski definition) is 4. The molecule has 0 aliphatic carbocycles. The van der Waals surface area contributed by atoms with Crippen molar-refractivity contribution in [2.75, 3.05) is 4.72 Å². The molecule has 9 heteroatoms. The van der Waals surface area contributed by atoms with Gasteiger partial charge in [-0.25, -0.2) is 13.2 Å². The molecule has 0 aliphatic rings. The van der Waals surface area contributed by atoms with Gasteiger partial charge in [0.2, 0.25) is 0 Å². The lowest BCUT2D eigenvalue weighted by Gasteiger charge is -2.08. The highest BCUT2D eigenvalue weighted by molar-refractivity contribution is 9.10. The van der Waals surface area contributed by atoms with E-state index in [0.717, 1.165) is 11.8 Å². The number of nitrogens with zero attached hydrogens (tertiary/aromatic N) is 1. The highest BCUT2D eigenvalue weighted by Crippen LogP contribution is 2.25. The summed E-state index contributed by atoms with van der Waals surface area (Å²) in [6, 6.07) is 5.35. The third-order valence-corrected chi connectivity index (χ3v) is 5.07. The minimum Gasteiger partial charge on any atom is -0.478 e. The van der Waals surface area contributed by atoms with Crippen molar-refractivity contribution in [3.63, 3.8) is 0 Å². The third-order valence-electron chi connectivity index (χ3n) is 2.72. The summed E-state index contributed by atoms with van der Waals surface area (Å²) in [7, 11) is -3.94. The second-order valence-corrected chi connectivity index (χ2v) is 6.69. The number of H-pyrrole nitrogens is 1. The van der Waals surface area contributed by atoms with E-state index in [1.54, 1.807) is 6.07 Å². The molecule has 2 rings (SSSR count). The molecule has 0 unspecified atom stereocenters. The monoisotopic (exact) mass is 373 g/mol. The van der Waals surface area contributed by atoms with Crippen LogP contribution in [0, 0.1) is 0 Å². The topological polar surface area (TPSA) is 112 Å². The highest BCUT2D eigenvalue weighted by atomic mass is 79.9. The number of sulfonamides is 1. The van der Waals surface area contributed by atoms with Crippen LogP contribution in [0.25, 0.3) is 0 Å². The van der Waals surface area contributed by atoms with Gasteiger partial charge in [0.25, 0.3) is 10.0 Å². The lowest BCUT2D eigenvalue weighted by Crippen LogP contribution is -2.14. The molecule has 0 spiro atoms. The van der Waals surface area contributed by atoms with Crippen LogP contribution in [0.4, 0.5) is 5.82 Å². The van der Waals surface area contributed by atoms with E-state index in [4.69, 9.17) is 5.11 Å². The molecule has 0 fully saturated rings. The third kappa shape index (κ3) is 3.42. The van der Waals surface area contributed by atoms with Crippen LogP contribution in [0.3, 0.4) is 0 Å². The van der Waals surface area contributed by atoms with E-state index >= 15 is 0 Å². The molecule has 0 atom stereocenters. The van der Waals surface area contributed by atoms with Gasteiger partial charge in [0.1, 0.15) is 4.90 Å². The van der Waals surface area contributed by atoms with Gasteiger partial charge in [-0.1, -0.05) is 6.92 Å². The normalized spacial score (nSPS) is 11.3. The number of aromatic carboxylic acids is 1. The molecule has 7 nitrogen and oxygen atoms in total. The summed E-state index contributed by atoms with van der Waals surface area (Å²) in [6.45, 7) is 1.90. The van der Waals surface area contributed by atoms with Crippen molar-refractivity contribution in [1.29, 1.82) is 0 Å². The summed E-state index contributed by atoms with van der Waals surface area (Å²) >= 11 is 3.11. The van der Waals surface area contributed by atoms with Crippen LogP contribution in [0.2, 0.25) is 0 Å². The van der Waals surface area contributed by atoms with Crippen molar-refractivity contribution in [3.05, 3.63) is 40.0 Å². The number of aromatic nitrogens is 2. The van der Waals surface area contributed by atoms with E-state index in [1.807, 2.05) is 6.92 Å². The van der Waals surface area contributed by atoms with Gasteiger partial charge in [0.05, 0.1) is 5.56 Å². The number of anilines is 1. The van der Waals surface area contributed by atoms with Crippen LogP contribution in [-0.4, -0.2) is 29.7 Å². The van der Waals surface area contributed by atoms with Crippen LogP contribution < -0.4 is 4.72 Å². The fourth-order valence-electron chi connectivity index (χ4n) is 1.63. The van der Waals surface area contributed by atoms with Crippen LogP contribution in [0.1, 0.15) is 23.0 Å². The van der Waals surface area contributed by atoms with Crippen molar-refractivity contribution >= 4 is 37.7 Å². The SMILES string of the molecule is CCc1cc(NS(=O)(=O)c2cc(C(=O)O)ccc2Br)n[nH]1. The lowest BCUT2D eigenvalue weighted by molar-refractivity contribution is 0.0696. The second-order valence-electron chi connectivity index (χ2n) is 4.19. The first-order valence-electron chi connectivity index (χ1n) is 5.93. The van der Waals surface area contributed by atoms with Crippen LogP contribution in [-0.2, 0) is 16.4 Å². The van der Waals surface area contributed by atoms with Crippen molar-refractivity contribution in [1.82, 2.24) is 10.2 Å². The lowest BCUT2D eigenvalue weighted by atomic mass is 10.2. The molecule has 3 N–H and O–H groups in total. The summed E-state index contributed by atoms with van der Waals surface area (Å²) in [4.78, 5) is 10.8. The number of carboxylic acids is 1. The molecule has 0 saturated heterocycles. The summed E-state index contributed by atoms with van der Waals surface area (Å²) in [5, 5.41) is 15.5. The molecule has 0 bridgehead atoms. The molecule has 1 heterocycles. The molecule has 0 radical (unpaired) electrons. The first kappa shape index (κ1) is 15.5. The minimum absolute atomic E-state index is 0.116. The average molecular weight is 374 g/mol. The van der Waals surface area contributed by atoms with Gasteiger partial charge in [-0.2, -0.15) is 5.10 Å². The maximum atomic E-state index is 12.3. The van der Waals surface area contributed by atoms with E-state index < -0.39 is 16.0 Å². The Hall–Kier alpha value is -1.87. The number of hydrogen-bond donors (Lipinski definition) is 3. The average Bonchev–Trinajstić information content (AvgIpc) is 2.85. The standard InChI is InChI=1S/C12H12BrN3O4S/c1-2-8-6-11(15-14-8)16-21(19,20)10-5-7(12(17)18)3-4-9(10)13/h3-6H,2H2,1H3,(H,17,18)(H2,14,15,16). The zero-order valence-electron chi connectivity index (χ0n) is 10.9. The van der Waals surface area contributed by atoms with E-state index in [1.165, 1.54) is 12.1 Å². The minimum atomic E-state index is -3.94. The summed E-state index contributed by atoms with van der Waals surface area (Å²) in [5.74, 6) is -1.05. The Kier molecular flexibility index (Phi) is 4.33. The molecule has 0 amide bonds.